The zero-order valence-corrected chi connectivity index (χ0v) is 15.2. The van der Waals surface area contributed by atoms with Crippen LogP contribution in [0.1, 0.15) is 48.1 Å². The van der Waals surface area contributed by atoms with Gasteiger partial charge in [-0.3, -0.25) is 9.78 Å². The third kappa shape index (κ3) is 4.89. The van der Waals surface area contributed by atoms with Crippen molar-refractivity contribution in [2.45, 2.75) is 45.8 Å². The molecule has 1 heterocycles. The number of amides is 1. The van der Waals surface area contributed by atoms with E-state index in [2.05, 4.69) is 42.3 Å². The second-order valence-corrected chi connectivity index (χ2v) is 7.07. The molecule has 1 aliphatic rings. The zero-order valence-electron chi connectivity index (χ0n) is 15.2. The highest BCUT2D eigenvalue weighted by Gasteiger charge is 2.26. The fraction of sp³-hybridized carbons (Fsp3) is 0.429. The Kier molecular flexibility index (Phi) is 5.49. The van der Waals surface area contributed by atoms with Gasteiger partial charge in [0.05, 0.1) is 12.6 Å². The van der Waals surface area contributed by atoms with Crippen molar-refractivity contribution in [1.29, 1.82) is 0 Å². The van der Waals surface area contributed by atoms with Gasteiger partial charge in [0.1, 0.15) is 6.10 Å². The second-order valence-electron chi connectivity index (χ2n) is 7.07. The van der Waals surface area contributed by atoms with E-state index in [9.17, 15) is 4.79 Å². The fourth-order valence-corrected chi connectivity index (χ4v) is 2.98. The molecular formula is C21H26N2O2. The maximum atomic E-state index is 12.6. The number of hydrogen-bond donors (Lipinski definition) is 1. The minimum absolute atomic E-state index is 0.0892. The van der Waals surface area contributed by atoms with Crippen molar-refractivity contribution in [3.63, 3.8) is 0 Å². The van der Waals surface area contributed by atoms with Gasteiger partial charge in [-0.15, -0.1) is 0 Å². The molecule has 1 saturated carbocycles. The number of nitrogens with one attached hydrogen (secondary N) is 1. The number of aryl methyl sites for hydroxylation is 2. The Balaban J connectivity index is 1.79. The van der Waals surface area contributed by atoms with E-state index in [0.29, 0.717) is 12.5 Å². The van der Waals surface area contributed by atoms with Crippen LogP contribution in [-0.4, -0.2) is 23.6 Å². The van der Waals surface area contributed by atoms with E-state index in [1.165, 1.54) is 24.0 Å². The standard InChI is InChI=1S/C21H26N2O2/c1-14-9-15(2)11-19(10-14)20(18-5-4-8-22-12-18)23-21(24)16(3)25-13-17-6-7-17/h4-5,8-12,16-17,20H,6-7,13H2,1-3H3,(H,23,24)/t16-,20+/m1/s1. The van der Waals surface area contributed by atoms with Crippen molar-refractivity contribution in [3.8, 4) is 0 Å². The van der Waals surface area contributed by atoms with Crippen LogP contribution in [-0.2, 0) is 9.53 Å². The highest BCUT2D eigenvalue weighted by atomic mass is 16.5. The van der Waals surface area contributed by atoms with E-state index in [-0.39, 0.29) is 11.9 Å². The topological polar surface area (TPSA) is 51.2 Å². The number of carbonyl (C=O) groups is 1. The molecule has 1 aromatic heterocycles. The van der Waals surface area contributed by atoms with E-state index in [1.54, 1.807) is 12.4 Å². The van der Waals surface area contributed by atoms with E-state index in [1.807, 2.05) is 19.1 Å². The van der Waals surface area contributed by atoms with Gasteiger partial charge in [0.2, 0.25) is 5.91 Å². The molecule has 1 N–H and O–H groups in total. The molecule has 2 aromatic rings. The van der Waals surface area contributed by atoms with Crippen molar-refractivity contribution in [2.24, 2.45) is 5.92 Å². The third-order valence-electron chi connectivity index (χ3n) is 4.53. The highest BCUT2D eigenvalue weighted by Crippen LogP contribution is 2.29. The van der Waals surface area contributed by atoms with Gasteiger partial charge in [0.25, 0.3) is 0 Å². The Morgan fingerprint density at radius 2 is 1.96 bits per heavy atom. The summed E-state index contributed by atoms with van der Waals surface area (Å²) >= 11 is 0. The number of nitrogens with zero attached hydrogens (tertiary/aromatic N) is 1. The average molecular weight is 338 g/mol. The molecule has 25 heavy (non-hydrogen) atoms. The largest absolute Gasteiger partial charge is 0.368 e. The molecule has 1 fully saturated rings. The van der Waals surface area contributed by atoms with Gasteiger partial charge in [-0.25, -0.2) is 0 Å². The molecule has 4 nitrogen and oxygen atoms in total. The van der Waals surface area contributed by atoms with Crippen LogP contribution in [0.2, 0.25) is 0 Å². The maximum Gasteiger partial charge on any atom is 0.249 e. The van der Waals surface area contributed by atoms with Crippen LogP contribution in [0.25, 0.3) is 0 Å². The van der Waals surface area contributed by atoms with Crippen LogP contribution in [0.4, 0.5) is 0 Å². The molecule has 132 valence electrons. The lowest BCUT2D eigenvalue weighted by atomic mass is 9.96. The van der Waals surface area contributed by atoms with Crippen LogP contribution < -0.4 is 5.32 Å². The molecular weight excluding hydrogens is 312 g/mol. The zero-order chi connectivity index (χ0) is 17.8. The number of rotatable bonds is 7. The predicted molar refractivity (Wildman–Crippen MR) is 98.3 cm³/mol. The van der Waals surface area contributed by atoms with Crippen molar-refractivity contribution in [1.82, 2.24) is 10.3 Å². The van der Waals surface area contributed by atoms with Crippen LogP contribution in [0, 0.1) is 19.8 Å². The Hall–Kier alpha value is -2.20. The quantitative estimate of drug-likeness (QED) is 0.837. The highest BCUT2D eigenvalue weighted by molar-refractivity contribution is 5.81. The van der Waals surface area contributed by atoms with E-state index >= 15 is 0 Å². The lowest BCUT2D eigenvalue weighted by molar-refractivity contribution is -0.132. The molecule has 0 spiro atoms. The predicted octanol–water partition coefficient (Wildman–Crippen LogP) is 3.72. The molecule has 2 atom stereocenters. The summed E-state index contributed by atoms with van der Waals surface area (Å²) in [5.41, 5.74) is 4.39. The first-order valence-corrected chi connectivity index (χ1v) is 8.93. The van der Waals surface area contributed by atoms with Gasteiger partial charge in [0.15, 0.2) is 0 Å². The van der Waals surface area contributed by atoms with Crippen molar-refractivity contribution in [2.75, 3.05) is 6.61 Å². The summed E-state index contributed by atoms with van der Waals surface area (Å²) in [6, 6.07) is 10.0. The summed E-state index contributed by atoms with van der Waals surface area (Å²) in [5.74, 6) is 0.553. The number of carbonyl (C=O) groups excluding carboxylic acids is 1. The molecule has 1 aromatic carbocycles. The van der Waals surface area contributed by atoms with E-state index in [4.69, 9.17) is 4.74 Å². The van der Waals surface area contributed by atoms with Crippen molar-refractivity contribution in [3.05, 3.63) is 65.0 Å². The van der Waals surface area contributed by atoms with Gasteiger partial charge in [0, 0.05) is 12.4 Å². The molecule has 0 unspecified atom stereocenters. The normalized spacial score (nSPS) is 16.3. The average Bonchev–Trinajstić information content (AvgIpc) is 3.41. The Morgan fingerprint density at radius 3 is 2.56 bits per heavy atom. The maximum absolute atomic E-state index is 12.6. The first kappa shape index (κ1) is 17.6. The monoisotopic (exact) mass is 338 g/mol. The van der Waals surface area contributed by atoms with Gasteiger partial charge in [-0.05, 0) is 56.7 Å². The first-order chi connectivity index (χ1) is 12.0. The number of ether oxygens (including phenoxy) is 1. The summed E-state index contributed by atoms with van der Waals surface area (Å²) in [7, 11) is 0. The van der Waals surface area contributed by atoms with E-state index < -0.39 is 6.10 Å². The summed E-state index contributed by atoms with van der Waals surface area (Å²) in [5, 5.41) is 3.14. The van der Waals surface area contributed by atoms with Crippen LogP contribution in [0.5, 0.6) is 0 Å². The summed E-state index contributed by atoms with van der Waals surface area (Å²) in [6.45, 7) is 6.63. The smallest absolute Gasteiger partial charge is 0.249 e. The lowest BCUT2D eigenvalue weighted by Crippen LogP contribution is -2.38. The van der Waals surface area contributed by atoms with Gasteiger partial charge >= 0.3 is 0 Å². The molecule has 3 rings (SSSR count). The Morgan fingerprint density at radius 1 is 1.24 bits per heavy atom. The molecule has 0 saturated heterocycles. The number of aromatic nitrogens is 1. The third-order valence-corrected chi connectivity index (χ3v) is 4.53. The first-order valence-electron chi connectivity index (χ1n) is 8.93. The summed E-state index contributed by atoms with van der Waals surface area (Å²) in [6.07, 6.45) is 5.53. The van der Waals surface area contributed by atoms with Crippen molar-refractivity contribution < 1.29 is 9.53 Å². The lowest BCUT2D eigenvalue weighted by Gasteiger charge is -2.23. The molecule has 4 heteroatoms. The van der Waals surface area contributed by atoms with E-state index in [0.717, 1.165) is 11.1 Å². The van der Waals surface area contributed by atoms with Gasteiger partial charge in [-0.1, -0.05) is 35.4 Å². The minimum atomic E-state index is -0.453. The van der Waals surface area contributed by atoms with Crippen LogP contribution in [0.3, 0.4) is 0 Å². The molecule has 1 aliphatic carbocycles. The molecule has 1 amide bonds. The molecule has 0 aliphatic heterocycles. The number of hydrogen-bond acceptors (Lipinski definition) is 3. The Bertz CT molecular complexity index is 706. The van der Waals surface area contributed by atoms with Crippen LogP contribution in [0.15, 0.2) is 42.7 Å². The number of pyridine rings is 1. The van der Waals surface area contributed by atoms with Crippen LogP contribution >= 0.6 is 0 Å². The summed E-state index contributed by atoms with van der Waals surface area (Å²) in [4.78, 5) is 16.9. The number of benzene rings is 1. The molecule has 0 bridgehead atoms. The van der Waals surface area contributed by atoms with Crippen molar-refractivity contribution >= 4 is 5.91 Å². The van der Waals surface area contributed by atoms with Gasteiger partial charge in [-0.2, -0.15) is 0 Å². The molecule has 0 radical (unpaired) electrons. The fourth-order valence-electron chi connectivity index (χ4n) is 2.98. The minimum Gasteiger partial charge on any atom is -0.368 e. The second kappa shape index (κ2) is 7.79. The SMILES string of the molecule is Cc1cc(C)cc([C@@H](NC(=O)[C@@H](C)OCC2CC2)c2cccnc2)c1. The summed E-state index contributed by atoms with van der Waals surface area (Å²) < 4.78 is 5.72. The van der Waals surface area contributed by atoms with Gasteiger partial charge < -0.3 is 10.1 Å². The Labute approximate surface area is 149 Å².